The van der Waals surface area contributed by atoms with Gasteiger partial charge in [-0.15, -0.1) is 0 Å². The molecule has 1 aliphatic heterocycles. The van der Waals surface area contributed by atoms with Crippen molar-refractivity contribution in [2.45, 2.75) is 6.42 Å². The average molecular weight is 339 g/mol. The van der Waals surface area contributed by atoms with E-state index < -0.39 is 11.9 Å². The number of carbonyl (C=O) groups is 3. The van der Waals surface area contributed by atoms with Gasteiger partial charge < -0.3 is 14.4 Å². The number of methoxy groups -OCH3 is 1. The van der Waals surface area contributed by atoms with Gasteiger partial charge in [-0.25, -0.2) is 0 Å². The van der Waals surface area contributed by atoms with E-state index in [1.54, 1.807) is 60.5 Å². The van der Waals surface area contributed by atoms with Gasteiger partial charge >= 0.3 is 5.97 Å². The van der Waals surface area contributed by atoms with Gasteiger partial charge in [0.15, 0.2) is 0 Å². The van der Waals surface area contributed by atoms with Crippen molar-refractivity contribution in [3.8, 4) is 11.5 Å². The minimum absolute atomic E-state index is 0.0997. The van der Waals surface area contributed by atoms with E-state index >= 15 is 0 Å². The molecule has 0 aromatic heterocycles. The summed E-state index contributed by atoms with van der Waals surface area (Å²) in [5.74, 6) is -0.136. The molecular weight excluding hydrogens is 322 g/mol. The van der Waals surface area contributed by atoms with Crippen molar-refractivity contribution in [2.75, 3.05) is 18.6 Å². The molecule has 2 aromatic rings. The van der Waals surface area contributed by atoms with Crippen LogP contribution in [0.4, 0.5) is 5.69 Å². The Kier molecular flexibility index (Phi) is 4.79. The first-order valence-corrected chi connectivity index (χ1v) is 7.82. The first-order chi connectivity index (χ1) is 12.1. The van der Waals surface area contributed by atoms with Crippen molar-refractivity contribution in [3.05, 3.63) is 54.1 Å². The molecule has 25 heavy (non-hydrogen) atoms. The number of amides is 1. The van der Waals surface area contributed by atoms with Crippen molar-refractivity contribution in [1.29, 1.82) is 0 Å². The highest BCUT2D eigenvalue weighted by Gasteiger charge is 2.36. The van der Waals surface area contributed by atoms with Crippen LogP contribution in [-0.4, -0.2) is 31.8 Å². The average Bonchev–Trinajstić information content (AvgIpc) is 3.04. The minimum atomic E-state index is -0.538. The highest BCUT2D eigenvalue weighted by molar-refractivity contribution is 5.99. The van der Waals surface area contributed by atoms with E-state index in [2.05, 4.69) is 0 Å². The number of hydrogen-bond acceptors (Lipinski definition) is 5. The number of rotatable bonds is 5. The minimum Gasteiger partial charge on any atom is -0.497 e. The number of aldehydes is 1. The van der Waals surface area contributed by atoms with Gasteiger partial charge in [-0.1, -0.05) is 6.07 Å². The lowest BCUT2D eigenvalue weighted by atomic mass is 10.1. The Morgan fingerprint density at radius 2 is 1.92 bits per heavy atom. The molecule has 1 saturated heterocycles. The fourth-order valence-electron chi connectivity index (χ4n) is 2.71. The van der Waals surface area contributed by atoms with E-state index in [-0.39, 0.29) is 18.9 Å². The van der Waals surface area contributed by atoms with Gasteiger partial charge in [0.2, 0.25) is 5.91 Å². The number of ether oxygens (including phenoxy) is 2. The van der Waals surface area contributed by atoms with Crippen LogP contribution in [0, 0.1) is 5.92 Å². The summed E-state index contributed by atoms with van der Waals surface area (Å²) in [6, 6.07) is 13.4. The van der Waals surface area contributed by atoms with Crippen LogP contribution in [0.1, 0.15) is 16.8 Å². The zero-order valence-corrected chi connectivity index (χ0v) is 13.7. The third-order valence-electron chi connectivity index (χ3n) is 4.06. The Balaban J connectivity index is 1.68. The number of esters is 1. The van der Waals surface area contributed by atoms with Crippen LogP contribution in [-0.2, 0) is 9.59 Å². The summed E-state index contributed by atoms with van der Waals surface area (Å²) < 4.78 is 10.5. The maximum atomic E-state index is 12.3. The molecule has 0 aliphatic carbocycles. The third-order valence-corrected chi connectivity index (χ3v) is 4.06. The number of hydrogen-bond donors (Lipinski definition) is 0. The lowest BCUT2D eigenvalue weighted by Gasteiger charge is -2.17. The molecule has 0 unspecified atom stereocenters. The van der Waals surface area contributed by atoms with E-state index in [9.17, 15) is 14.4 Å². The first kappa shape index (κ1) is 16.7. The smallest absolute Gasteiger partial charge is 0.316 e. The summed E-state index contributed by atoms with van der Waals surface area (Å²) in [6.45, 7) is 0.261. The highest BCUT2D eigenvalue weighted by Crippen LogP contribution is 2.28. The van der Waals surface area contributed by atoms with E-state index in [1.807, 2.05) is 0 Å². The van der Waals surface area contributed by atoms with Gasteiger partial charge in [0.1, 0.15) is 17.8 Å². The molecule has 1 heterocycles. The summed E-state index contributed by atoms with van der Waals surface area (Å²) in [5, 5.41) is 0. The fourth-order valence-corrected chi connectivity index (χ4v) is 2.71. The maximum absolute atomic E-state index is 12.3. The van der Waals surface area contributed by atoms with Crippen LogP contribution >= 0.6 is 0 Å². The van der Waals surface area contributed by atoms with Gasteiger partial charge in [-0.05, 0) is 36.4 Å². The van der Waals surface area contributed by atoms with Crippen molar-refractivity contribution in [1.82, 2.24) is 0 Å². The molecule has 6 nitrogen and oxygen atoms in total. The summed E-state index contributed by atoms with van der Waals surface area (Å²) in [7, 11) is 1.56. The van der Waals surface area contributed by atoms with Crippen molar-refractivity contribution >= 4 is 23.9 Å². The van der Waals surface area contributed by atoms with Gasteiger partial charge in [0.25, 0.3) is 0 Å². The molecule has 1 atom stereocenters. The van der Waals surface area contributed by atoms with E-state index in [0.29, 0.717) is 29.0 Å². The molecule has 128 valence electrons. The number of nitrogens with zero attached hydrogens (tertiary/aromatic N) is 1. The van der Waals surface area contributed by atoms with Crippen LogP contribution in [0.5, 0.6) is 11.5 Å². The van der Waals surface area contributed by atoms with Crippen LogP contribution in [0.25, 0.3) is 0 Å². The van der Waals surface area contributed by atoms with Crippen molar-refractivity contribution < 1.29 is 23.9 Å². The summed E-state index contributed by atoms with van der Waals surface area (Å²) in [6.07, 6.45) is 0.815. The zero-order chi connectivity index (χ0) is 17.8. The summed E-state index contributed by atoms with van der Waals surface area (Å²) in [5.41, 5.74) is 1.19. The zero-order valence-electron chi connectivity index (χ0n) is 13.7. The molecule has 2 aromatic carbocycles. The SMILES string of the molecule is COc1cccc(N2C[C@H](C(=O)Oc3ccc(C=O)cc3)CC2=O)c1. The number of anilines is 1. The normalized spacial score (nSPS) is 16.6. The van der Waals surface area contributed by atoms with Crippen LogP contribution < -0.4 is 14.4 Å². The second kappa shape index (κ2) is 7.17. The van der Waals surface area contributed by atoms with Crippen LogP contribution in [0.15, 0.2) is 48.5 Å². The standard InChI is InChI=1S/C19H17NO5/c1-24-17-4-2-3-15(10-17)20-11-14(9-18(20)22)19(23)25-16-7-5-13(12-21)6-8-16/h2-8,10,12,14H,9,11H2,1H3/t14-/m1/s1. The van der Waals surface area contributed by atoms with Gasteiger partial charge in [0, 0.05) is 30.3 Å². The molecular formula is C19H17NO5. The molecule has 0 N–H and O–H groups in total. The largest absolute Gasteiger partial charge is 0.497 e. The number of benzene rings is 2. The van der Waals surface area contributed by atoms with E-state index in [0.717, 1.165) is 0 Å². The quantitative estimate of drug-likeness (QED) is 0.475. The topological polar surface area (TPSA) is 72.9 Å². The number of carbonyl (C=O) groups excluding carboxylic acids is 3. The van der Waals surface area contributed by atoms with Crippen molar-refractivity contribution in [3.63, 3.8) is 0 Å². The fraction of sp³-hybridized carbons (Fsp3) is 0.211. The molecule has 3 rings (SSSR count). The molecule has 0 bridgehead atoms. The van der Waals surface area contributed by atoms with Gasteiger partial charge in [-0.3, -0.25) is 14.4 Å². The molecule has 1 fully saturated rings. The van der Waals surface area contributed by atoms with E-state index in [4.69, 9.17) is 9.47 Å². The maximum Gasteiger partial charge on any atom is 0.316 e. The monoisotopic (exact) mass is 339 g/mol. The summed E-state index contributed by atoms with van der Waals surface area (Å²) in [4.78, 5) is 36.8. The first-order valence-electron chi connectivity index (χ1n) is 7.82. The molecule has 1 aliphatic rings. The molecule has 0 spiro atoms. The van der Waals surface area contributed by atoms with Crippen LogP contribution in [0.3, 0.4) is 0 Å². The Bertz CT molecular complexity index is 800. The van der Waals surface area contributed by atoms with Crippen LogP contribution in [0.2, 0.25) is 0 Å². The lowest BCUT2D eigenvalue weighted by Crippen LogP contribution is -2.27. The Morgan fingerprint density at radius 3 is 2.60 bits per heavy atom. The Hall–Kier alpha value is -3.15. The van der Waals surface area contributed by atoms with E-state index in [1.165, 1.54) is 0 Å². The Labute approximate surface area is 145 Å². The predicted octanol–water partition coefficient (Wildman–Crippen LogP) is 2.47. The molecule has 0 radical (unpaired) electrons. The van der Waals surface area contributed by atoms with Gasteiger partial charge in [-0.2, -0.15) is 0 Å². The lowest BCUT2D eigenvalue weighted by molar-refractivity contribution is -0.139. The molecule has 1 amide bonds. The second-order valence-corrected chi connectivity index (χ2v) is 5.71. The molecule has 0 saturated carbocycles. The Morgan fingerprint density at radius 1 is 1.16 bits per heavy atom. The van der Waals surface area contributed by atoms with Crippen molar-refractivity contribution in [2.24, 2.45) is 5.92 Å². The third kappa shape index (κ3) is 3.68. The molecule has 6 heteroatoms. The summed E-state index contributed by atoms with van der Waals surface area (Å²) >= 11 is 0. The highest BCUT2D eigenvalue weighted by atomic mass is 16.5. The van der Waals surface area contributed by atoms with Gasteiger partial charge in [0.05, 0.1) is 13.0 Å². The second-order valence-electron chi connectivity index (χ2n) is 5.71. The predicted molar refractivity (Wildman–Crippen MR) is 90.9 cm³/mol.